The van der Waals surface area contributed by atoms with Crippen molar-refractivity contribution in [1.29, 1.82) is 0 Å². The molecule has 0 aliphatic carbocycles. The van der Waals surface area contributed by atoms with Crippen LogP contribution in [0.15, 0.2) is 0 Å². The van der Waals surface area contributed by atoms with Gasteiger partial charge in [0.2, 0.25) is 5.13 Å². The fraction of sp³-hybridized carbons (Fsp3) is 0.800. The first kappa shape index (κ1) is 10.8. The first-order chi connectivity index (χ1) is 7.20. The summed E-state index contributed by atoms with van der Waals surface area (Å²) in [6.45, 7) is 6.01. The molecule has 0 bridgehead atoms. The lowest BCUT2D eigenvalue weighted by atomic mass is 9.94. The zero-order valence-corrected chi connectivity index (χ0v) is 10.1. The second-order valence-electron chi connectivity index (χ2n) is 4.30. The summed E-state index contributed by atoms with van der Waals surface area (Å²) in [5.41, 5.74) is 5.73. The second-order valence-corrected chi connectivity index (χ2v) is 5.03. The Morgan fingerprint density at radius 2 is 2.33 bits per heavy atom. The summed E-state index contributed by atoms with van der Waals surface area (Å²) in [4.78, 5) is 6.80. The topological polar surface area (TPSA) is 55.0 Å². The molecule has 0 aromatic carbocycles. The van der Waals surface area contributed by atoms with Crippen LogP contribution in [0, 0.1) is 12.8 Å². The van der Waals surface area contributed by atoms with Gasteiger partial charge in [0, 0.05) is 24.1 Å². The number of aryl methyl sites for hydroxylation is 1. The fourth-order valence-corrected chi connectivity index (χ4v) is 2.83. The number of anilines is 1. The Hall–Kier alpha value is -0.680. The third-order valence-electron chi connectivity index (χ3n) is 3.08. The van der Waals surface area contributed by atoms with E-state index in [4.69, 9.17) is 5.73 Å². The summed E-state index contributed by atoms with van der Waals surface area (Å²) < 4.78 is 4.23. The lowest BCUT2D eigenvalue weighted by molar-refractivity contribution is 0.373. The van der Waals surface area contributed by atoms with Crippen molar-refractivity contribution in [3.05, 3.63) is 5.82 Å². The van der Waals surface area contributed by atoms with Crippen molar-refractivity contribution < 1.29 is 0 Å². The number of aromatic nitrogens is 2. The lowest BCUT2D eigenvalue weighted by Crippen LogP contribution is -2.43. The average molecular weight is 226 g/mol. The summed E-state index contributed by atoms with van der Waals surface area (Å²) in [6.07, 6.45) is 2.45. The normalized spacial score (nSPS) is 27.0. The van der Waals surface area contributed by atoms with Crippen molar-refractivity contribution in [3.8, 4) is 0 Å². The van der Waals surface area contributed by atoms with Gasteiger partial charge in [-0.15, -0.1) is 0 Å². The van der Waals surface area contributed by atoms with E-state index in [1.165, 1.54) is 24.4 Å². The Balaban J connectivity index is 2.12. The van der Waals surface area contributed by atoms with Gasteiger partial charge in [-0.3, -0.25) is 0 Å². The van der Waals surface area contributed by atoms with Gasteiger partial charge in [0.15, 0.2) is 0 Å². The largest absolute Gasteiger partial charge is 0.344 e. The zero-order chi connectivity index (χ0) is 10.8. The van der Waals surface area contributed by atoms with Gasteiger partial charge >= 0.3 is 0 Å². The molecule has 2 unspecified atom stereocenters. The van der Waals surface area contributed by atoms with Crippen molar-refractivity contribution >= 4 is 16.7 Å². The minimum atomic E-state index is 0.570. The standard InChI is InChI=1S/C10H18N4S/c1-7-3-4-9(5-11)6-14(7)10-12-8(2)13-15-10/h7,9H,3-6,11H2,1-2H3. The third-order valence-corrected chi connectivity index (χ3v) is 3.92. The highest BCUT2D eigenvalue weighted by molar-refractivity contribution is 7.09. The maximum atomic E-state index is 5.73. The molecule has 2 heterocycles. The van der Waals surface area contributed by atoms with Crippen molar-refractivity contribution in [2.24, 2.45) is 11.7 Å². The average Bonchev–Trinajstić information content (AvgIpc) is 2.65. The second kappa shape index (κ2) is 4.45. The molecule has 1 aromatic heterocycles. The molecule has 1 aromatic rings. The number of rotatable bonds is 2. The van der Waals surface area contributed by atoms with Crippen LogP contribution in [0.2, 0.25) is 0 Å². The van der Waals surface area contributed by atoms with Gasteiger partial charge in [-0.2, -0.15) is 4.37 Å². The first-order valence-corrected chi connectivity index (χ1v) is 6.25. The van der Waals surface area contributed by atoms with Crippen molar-refractivity contribution in [1.82, 2.24) is 9.36 Å². The van der Waals surface area contributed by atoms with E-state index in [0.717, 1.165) is 24.0 Å². The fourth-order valence-electron chi connectivity index (χ4n) is 2.04. The Morgan fingerprint density at radius 3 is 2.93 bits per heavy atom. The smallest absolute Gasteiger partial charge is 0.205 e. The van der Waals surface area contributed by atoms with E-state index in [1.54, 1.807) is 0 Å². The van der Waals surface area contributed by atoms with Crippen LogP contribution in [0.5, 0.6) is 0 Å². The molecule has 1 fully saturated rings. The minimum Gasteiger partial charge on any atom is -0.344 e. The van der Waals surface area contributed by atoms with Crippen molar-refractivity contribution in [2.45, 2.75) is 32.7 Å². The van der Waals surface area contributed by atoms with Gasteiger partial charge in [0.1, 0.15) is 5.82 Å². The van der Waals surface area contributed by atoms with E-state index < -0.39 is 0 Å². The van der Waals surface area contributed by atoms with Gasteiger partial charge in [-0.25, -0.2) is 4.98 Å². The van der Waals surface area contributed by atoms with Gasteiger partial charge in [-0.1, -0.05) is 0 Å². The molecule has 0 saturated carbocycles. The predicted octanol–water partition coefficient (Wildman–Crippen LogP) is 1.41. The van der Waals surface area contributed by atoms with Crippen LogP contribution < -0.4 is 10.6 Å². The molecule has 1 aliphatic heterocycles. The van der Waals surface area contributed by atoms with E-state index in [-0.39, 0.29) is 0 Å². The Bertz CT molecular complexity index is 325. The van der Waals surface area contributed by atoms with Crippen LogP contribution in [0.25, 0.3) is 0 Å². The maximum Gasteiger partial charge on any atom is 0.205 e. The zero-order valence-electron chi connectivity index (χ0n) is 9.31. The molecular formula is C10H18N4S. The van der Waals surface area contributed by atoms with Crippen molar-refractivity contribution in [3.63, 3.8) is 0 Å². The highest BCUT2D eigenvalue weighted by Gasteiger charge is 2.26. The monoisotopic (exact) mass is 226 g/mol. The first-order valence-electron chi connectivity index (χ1n) is 5.47. The van der Waals surface area contributed by atoms with E-state index in [1.807, 2.05) is 6.92 Å². The van der Waals surface area contributed by atoms with Gasteiger partial charge in [-0.05, 0) is 39.2 Å². The molecule has 84 valence electrons. The van der Waals surface area contributed by atoms with Crippen LogP contribution in [-0.4, -0.2) is 28.5 Å². The van der Waals surface area contributed by atoms with E-state index in [9.17, 15) is 0 Å². The Labute approximate surface area is 94.7 Å². The maximum absolute atomic E-state index is 5.73. The molecule has 2 rings (SSSR count). The molecular weight excluding hydrogens is 208 g/mol. The number of hydrogen-bond acceptors (Lipinski definition) is 5. The molecule has 1 aliphatic rings. The van der Waals surface area contributed by atoms with E-state index in [2.05, 4.69) is 21.2 Å². The Morgan fingerprint density at radius 1 is 1.53 bits per heavy atom. The molecule has 0 amide bonds. The highest BCUT2D eigenvalue weighted by Crippen LogP contribution is 2.28. The SMILES string of the molecule is Cc1nsc(N2CC(CN)CCC2C)n1. The van der Waals surface area contributed by atoms with Gasteiger partial charge in [0.25, 0.3) is 0 Å². The van der Waals surface area contributed by atoms with Gasteiger partial charge < -0.3 is 10.6 Å². The molecule has 15 heavy (non-hydrogen) atoms. The van der Waals surface area contributed by atoms with Crippen LogP contribution in [0.3, 0.4) is 0 Å². The molecule has 0 radical (unpaired) electrons. The lowest BCUT2D eigenvalue weighted by Gasteiger charge is -2.37. The summed E-state index contributed by atoms with van der Waals surface area (Å²) in [7, 11) is 0. The molecule has 2 atom stereocenters. The molecule has 5 heteroatoms. The summed E-state index contributed by atoms with van der Waals surface area (Å²) in [5, 5.41) is 1.05. The van der Waals surface area contributed by atoms with E-state index in [0.29, 0.717) is 12.0 Å². The van der Waals surface area contributed by atoms with Crippen LogP contribution in [-0.2, 0) is 0 Å². The number of nitrogens with zero attached hydrogens (tertiary/aromatic N) is 3. The highest BCUT2D eigenvalue weighted by atomic mass is 32.1. The number of hydrogen-bond donors (Lipinski definition) is 1. The molecule has 1 saturated heterocycles. The third kappa shape index (κ3) is 2.29. The summed E-state index contributed by atoms with van der Waals surface area (Å²) in [5.74, 6) is 1.49. The molecule has 4 nitrogen and oxygen atoms in total. The predicted molar refractivity (Wildman–Crippen MR) is 63.2 cm³/mol. The Kier molecular flexibility index (Phi) is 3.21. The summed E-state index contributed by atoms with van der Waals surface area (Å²) in [6, 6.07) is 0.570. The minimum absolute atomic E-state index is 0.570. The van der Waals surface area contributed by atoms with Crippen LogP contribution in [0.4, 0.5) is 5.13 Å². The van der Waals surface area contributed by atoms with Crippen LogP contribution in [0.1, 0.15) is 25.6 Å². The number of piperidine rings is 1. The molecule has 2 N–H and O–H groups in total. The van der Waals surface area contributed by atoms with Gasteiger partial charge in [0.05, 0.1) is 0 Å². The van der Waals surface area contributed by atoms with E-state index >= 15 is 0 Å². The quantitative estimate of drug-likeness (QED) is 0.828. The molecule has 0 spiro atoms. The van der Waals surface area contributed by atoms with Crippen LogP contribution >= 0.6 is 11.5 Å². The summed E-state index contributed by atoms with van der Waals surface area (Å²) >= 11 is 1.50. The van der Waals surface area contributed by atoms with Crippen molar-refractivity contribution in [2.75, 3.05) is 18.0 Å². The number of nitrogens with two attached hydrogens (primary N) is 1.